The smallest absolute Gasteiger partial charge is 0.295 e. The van der Waals surface area contributed by atoms with Gasteiger partial charge in [0, 0.05) is 5.39 Å². The van der Waals surface area contributed by atoms with Crippen molar-refractivity contribution in [2.75, 3.05) is 17.3 Å². The van der Waals surface area contributed by atoms with Gasteiger partial charge in [-0.3, -0.25) is 9.59 Å². The lowest BCUT2D eigenvalue weighted by molar-refractivity contribution is -0.116. The number of benzene rings is 3. The van der Waals surface area contributed by atoms with E-state index in [9.17, 15) is 9.59 Å². The monoisotopic (exact) mass is 364 g/mol. The van der Waals surface area contributed by atoms with E-state index in [-0.39, 0.29) is 11.1 Å². The molecule has 1 unspecified atom stereocenters. The number of nitrogens with one attached hydrogen (secondary N) is 1. The second-order valence-electron chi connectivity index (χ2n) is 5.78. The van der Waals surface area contributed by atoms with Crippen LogP contribution in [0.2, 0.25) is 0 Å². The molecular formula is C20H16N2O3S. The fourth-order valence-electron chi connectivity index (χ4n) is 3.03. The molecule has 0 saturated carbocycles. The molecule has 2 amide bonds. The first-order valence-electron chi connectivity index (χ1n) is 8.11. The normalized spacial score (nSPS) is 17.0. The summed E-state index contributed by atoms with van der Waals surface area (Å²) in [6, 6.07) is 20.6. The molecule has 0 radical (unpaired) electrons. The first-order valence-corrected chi connectivity index (χ1v) is 8.99. The van der Waals surface area contributed by atoms with Gasteiger partial charge in [-0.25, -0.2) is 4.90 Å². The molecule has 0 bridgehead atoms. The van der Waals surface area contributed by atoms with Crippen molar-refractivity contribution in [1.29, 1.82) is 0 Å². The highest BCUT2D eigenvalue weighted by Gasteiger charge is 2.41. The number of thioether (sulfide) groups is 1. The Hall–Kier alpha value is -2.99. The van der Waals surface area contributed by atoms with Crippen molar-refractivity contribution in [2.45, 2.75) is 5.37 Å². The Morgan fingerprint density at radius 1 is 0.962 bits per heavy atom. The van der Waals surface area contributed by atoms with Crippen LogP contribution in [0.25, 0.3) is 10.8 Å². The highest BCUT2D eigenvalue weighted by atomic mass is 32.2. The average Bonchev–Trinajstić information content (AvgIpc) is 2.95. The molecule has 0 spiro atoms. The van der Waals surface area contributed by atoms with E-state index in [4.69, 9.17) is 4.74 Å². The number of carbonyl (C=O) groups excluding carboxylic acids is 2. The highest BCUT2D eigenvalue weighted by Crippen LogP contribution is 2.37. The Labute approximate surface area is 154 Å². The third-order valence-corrected chi connectivity index (χ3v) is 5.19. The van der Waals surface area contributed by atoms with Crippen LogP contribution in [-0.2, 0) is 4.79 Å². The maximum atomic E-state index is 12.9. The van der Waals surface area contributed by atoms with Crippen molar-refractivity contribution in [3.8, 4) is 5.75 Å². The zero-order valence-electron chi connectivity index (χ0n) is 14.0. The summed E-state index contributed by atoms with van der Waals surface area (Å²) in [5, 5.41) is 3.98. The largest absolute Gasteiger partial charge is 0.495 e. The molecule has 4 rings (SSSR count). The summed E-state index contributed by atoms with van der Waals surface area (Å²) < 4.78 is 5.31. The third kappa shape index (κ3) is 2.78. The van der Waals surface area contributed by atoms with Crippen LogP contribution in [-0.4, -0.2) is 23.6 Å². The van der Waals surface area contributed by atoms with Crippen LogP contribution in [0.4, 0.5) is 16.2 Å². The van der Waals surface area contributed by atoms with E-state index in [1.54, 1.807) is 19.2 Å². The lowest BCUT2D eigenvalue weighted by Crippen LogP contribution is -2.34. The van der Waals surface area contributed by atoms with Gasteiger partial charge in [-0.1, -0.05) is 48.5 Å². The lowest BCUT2D eigenvalue weighted by atomic mass is 10.1. The summed E-state index contributed by atoms with van der Waals surface area (Å²) in [4.78, 5) is 26.8. The molecule has 1 aliphatic rings. The van der Waals surface area contributed by atoms with Crippen molar-refractivity contribution < 1.29 is 14.3 Å². The molecule has 1 saturated heterocycles. The SMILES string of the molecule is COc1ccccc1NC1SC(=O)N(c2cccc3ccccc23)C1=O. The Morgan fingerprint density at radius 2 is 1.69 bits per heavy atom. The van der Waals surface area contributed by atoms with Crippen LogP contribution in [0.1, 0.15) is 0 Å². The predicted molar refractivity (Wildman–Crippen MR) is 105 cm³/mol. The first-order chi connectivity index (χ1) is 12.7. The molecule has 3 aromatic rings. The molecular weight excluding hydrogens is 348 g/mol. The summed E-state index contributed by atoms with van der Waals surface area (Å²) in [6.07, 6.45) is 0. The number of fused-ring (bicyclic) bond motifs is 1. The van der Waals surface area contributed by atoms with Gasteiger partial charge in [-0.15, -0.1) is 0 Å². The van der Waals surface area contributed by atoms with Crippen molar-refractivity contribution in [1.82, 2.24) is 0 Å². The third-order valence-electron chi connectivity index (χ3n) is 4.25. The Kier molecular flexibility index (Phi) is 4.26. The van der Waals surface area contributed by atoms with Crippen LogP contribution in [0, 0.1) is 0 Å². The molecule has 130 valence electrons. The minimum Gasteiger partial charge on any atom is -0.495 e. The van der Waals surface area contributed by atoms with Gasteiger partial charge in [0.2, 0.25) is 0 Å². The number of anilines is 2. The topological polar surface area (TPSA) is 58.6 Å². The fourth-order valence-corrected chi connectivity index (χ4v) is 3.92. The van der Waals surface area contributed by atoms with E-state index in [1.807, 2.05) is 54.6 Å². The van der Waals surface area contributed by atoms with Crippen LogP contribution in [0.15, 0.2) is 66.7 Å². The number of hydrogen-bond donors (Lipinski definition) is 1. The van der Waals surface area contributed by atoms with E-state index in [0.717, 1.165) is 22.5 Å². The van der Waals surface area contributed by atoms with Gasteiger partial charge in [0.05, 0.1) is 18.5 Å². The summed E-state index contributed by atoms with van der Waals surface area (Å²) in [5.74, 6) is 0.333. The second-order valence-corrected chi connectivity index (χ2v) is 6.84. The molecule has 1 atom stereocenters. The number of hydrogen-bond acceptors (Lipinski definition) is 5. The number of rotatable bonds is 4. The maximum absolute atomic E-state index is 12.9. The number of methoxy groups -OCH3 is 1. The maximum Gasteiger partial charge on any atom is 0.295 e. The summed E-state index contributed by atoms with van der Waals surface area (Å²) >= 11 is 0.970. The van der Waals surface area contributed by atoms with E-state index in [0.29, 0.717) is 17.1 Å². The standard InChI is InChI=1S/C20H16N2O3S/c1-25-17-12-5-4-10-15(17)21-18-19(23)22(20(24)26-18)16-11-6-8-13-7-2-3-9-14(13)16/h2-12,18,21H,1H3. The molecule has 26 heavy (non-hydrogen) atoms. The molecule has 0 aliphatic carbocycles. The zero-order chi connectivity index (χ0) is 18.1. The van der Waals surface area contributed by atoms with Crippen LogP contribution >= 0.6 is 11.8 Å². The van der Waals surface area contributed by atoms with Gasteiger partial charge >= 0.3 is 0 Å². The lowest BCUT2D eigenvalue weighted by Gasteiger charge is -2.17. The Bertz CT molecular complexity index is 1000. The van der Waals surface area contributed by atoms with Crippen molar-refractivity contribution in [3.63, 3.8) is 0 Å². The number of imide groups is 1. The van der Waals surface area contributed by atoms with Gasteiger partial charge < -0.3 is 10.1 Å². The highest BCUT2D eigenvalue weighted by molar-refractivity contribution is 8.16. The molecule has 1 aliphatic heterocycles. The molecule has 0 aromatic heterocycles. The molecule has 6 heteroatoms. The molecule has 3 aromatic carbocycles. The van der Waals surface area contributed by atoms with E-state index in [1.165, 1.54) is 4.90 Å². The van der Waals surface area contributed by atoms with E-state index < -0.39 is 5.37 Å². The fraction of sp³-hybridized carbons (Fsp3) is 0.100. The quantitative estimate of drug-likeness (QED) is 0.739. The van der Waals surface area contributed by atoms with E-state index >= 15 is 0 Å². The number of nitrogens with zero attached hydrogens (tertiary/aromatic N) is 1. The molecule has 5 nitrogen and oxygen atoms in total. The van der Waals surface area contributed by atoms with Crippen molar-refractivity contribution in [3.05, 3.63) is 66.7 Å². The summed E-state index contributed by atoms with van der Waals surface area (Å²) in [7, 11) is 1.57. The van der Waals surface area contributed by atoms with Crippen LogP contribution in [0.3, 0.4) is 0 Å². The summed E-state index contributed by atoms with van der Waals surface area (Å²) in [6.45, 7) is 0. The minimum atomic E-state index is -0.697. The van der Waals surface area contributed by atoms with Gasteiger partial charge in [0.25, 0.3) is 11.1 Å². The Balaban J connectivity index is 1.67. The van der Waals surface area contributed by atoms with Gasteiger partial charge in [0.15, 0.2) is 5.37 Å². The number of amides is 2. The first kappa shape index (κ1) is 16.5. The average molecular weight is 364 g/mol. The Morgan fingerprint density at radius 3 is 2.54 bits per heavy atom. The number of para-hydroxylation sites is 2. The molecule has 1 heterocycles. The van der Waals surface area contributed by atoms with Gasteiger partial charge in [-0.05, 0) is 35.3 Å². The number of ether oxygens (including phenoxy) is 1. The predicted octanol–water partition coefficient (Wildman–Crippen LogP) is 4.49. The van der Waals surface area contributed by atoms with Crippen LogP contribution < -0.4 is 15.0 Å². The van der Waals surface area contributed by atoms with Crippen molar-refractivity contribution in [2.24, 2.45) is 0 Å². The molecule has 1 fully saturated rings. The summed E-state index contributed by atoms with van der Waals surface area (Å²) in [5.41, 5.74) is 1.28. The second kappa shape index (κ2) is 6.72. The molecule has 1 N–H and O–H groups in total. The van der Waals surface area contributed by atoms with Crippen molar-refractivity contribution >= 4 is 45.1 Å². The van der Waals surface area contributed by atoms with Gasteiger partial charge in [0.1, 0.15) is 5.75 Å². The van der Waals surface area contributed by atoms with E-state index in [2.05, 4.69) is 5.32 Å². The minimum absolute atomic E-state index is 0.290. The van der Waals surface area contributed by atoms with Gasteiger partial charge in [-0.2, -0.15) is 0 Å². The van der Waals surface area contributed by atoms with Crippen LogP contribution in [0.5, 0.6) is 5.75 Å². The zero-order valence-corrected chi connectivity index (χ0v) is 14.8. The number of carbonyl (C=O) groups is 2.